The molecule has 0 bridgehead atoms. The molecule has 0 heterocycles. The maximum Gasteiger partial charge on any atom is -0.0417 e. The predicted molar refractivity (Wildman–Crippen MR) is 61.7 cm³/mol. The minimum atomic E-state index is 0.689. The van der Waals surface area contributed by atoms with Crippen LogP contribution in [-0.2, 0) is 0 Å². The van der Waals surface area contributed by atoms with Gasteiger partial charge in [0.05, 0.1) is 0 Å². The van der Waals surface area contributed by atoms with Crippen LogP contribution < -0.4 is 0 Å². The molecule has 0 saturated carbocycles. The van der Waals surface area contributed by atoms with E-state index in [1.54, 1.807) is 0 Å². The van der Waals surface area contributed by atoms with Crippen molar-refractivity contribution < 1.29 is 0 Å². The van der Waals surface area contributed by atoms with Crippen molar-refractivity contribution in [1.29, 1.82) is 0 Å². The summed E-state index contributed by atoms with van der Waals surface area (Å²) < 4.78 is 0. The van der Waals surface area contributed by atoms with Crippen LogP contribution in [0, 0.1) is 18.8 Å². The molecule has 0 saturated heterocycles. The van der Waals surface area contributed by atoms with Crippen molar-refractivity contribution in [3.05, 3.63) is 6.92 Å². The van der Waals surface area contributed by atoms with Crippen molar-refractivity contribution in [3.8, 4) is 0 Å². The van der Waals surface area contributed by atoms with Gasteiger partial charge in [-0.3, -0.25) is 0 Å². The molecule has 0 heteroatoms. The molecular formula is C13H27. The molecule has 0 fully saturated rings. The second-order valence-corrected chi connectivity index (χ2v) is 4.45. The molecular weight excluding hydrogens is 156 g/mol. The van der Waals surface area contributed by atoms with E-state index < -0.39 is 0 Å². The van der Waals surface area contributed by atoms with Crippen LogP contribution >= 0.6 is 0 Å². The molecule has 0 aromatic rings. The Morgan fingerprint density at radius 2 is 1.69 bits per heavy atom. The summed E-state index contributed by atoms with van der Waals surface area (Å²) >= 11 is 0. The fourth-order valence-electron chi connectivity index (χ4n) is 1.61. The lowest BCUT2D eigenvalue weighted by atomic mass is 9.93. The van der Waals surface area contributed by atoms with Gasteiger partial charge in [0.25, 0.3) is 0 Å². The Balaban J connectivity index is 3.24. The van der Waals surface area contributed by atoms with Crippen LogP contribution in [0.25, 0.3) is 0 Å². The Bertz CT molecular complexity index is 96.2. The van der Waals surface area contributed by atoms with E-state index >= 15 is 0 Å². The molecule has 0 amide bonds. The topological polar surface area (TPSA) is 0 Å². The summed E-state index contributed by atoms with van der Waals surface area (Å²) in [6.45, 7) is 11.0. The third-order valence-corrected chi connectivity index (χ3v) is 2.95. The molecule has 0 rings (SSSR count). The molecule has 2 atom stereocenters. The molecule has 0 aliphatic carbocycles. The first-order valence-electron chi connectivity index (χ1n) is 6.03. The van der Waals surface area contributed by atoms with Crippen LogP contribution in [0.3, 0.4) is 0 Å². The Morgan fingerprint density at radius 3 is 2.23 bits per heavy atom. The quantitative estimate of drug-likeness (QED) is 0.472. The minimum absolute atomic E-state index is 0.689. The van der Waals surface area contributed by atoms with Gasteiger partial charge in [0, 0.05) is 0 Å². The summed E-state index contributed by atoms with van der Waals surface area (Å²) in [6, 6.07) is 0. The van der Waals surface area contributed by atoms with E-state index in [-0.39, 0.29) is 0 Å². The lowest BCUT2D eigenvalue weighted by Crippen LogP contribution is -1.99. The van der Waals surface area contributed by atoms with E-state index in [9.17, 15) is 0 Å². The van der Waals surface area contributed by atoms with Gasteiger partial charge in [0.2, 0.25) is 0 Å². The maximum atomic E-state index is 4.12. The summed E-state index contributed by atoms with van der Waals surface area (Å²) in [6.07, 6.45) is 9.54. The van der Waals surface area contributed by atoms with Crippen LogP contribution in [-0.4, -0.2) is 0 Å². The van der Waals surface area contributed by atoms with Crippen molar-refractivity contribution in [2.24, 2.45) is 11.8 Å². The van der Waals surface area contributed by atoms with Gasteiger partial charge in [-0.25, -0.2) is 0 Å². The lowest BCUT2D eigenvalue weighted by Gasteiger charge is -2.13. The van der Waals surface area contributed by atoms with Crippen molar-refractivity contribution in [2.45, 2.75) is 65.7 Å². The van der Waals surface area contributed by atoms with Gasteiger partial charge in [-0.2, -0.15) is 0 Å². The number of hydrogen-bond donors (Lipinski definition) is 0. The van der Waals surface area contributed by atoms with E-state index in [4.69, 9.17) is 0 Å². The Labute approximate surface area is 85.1 Å². The summed E-state index contributed by atoms with van der Waals surface area (Å²) in [5.74, 6) is 1.61. The monoisotopic (exact) mass is 183 g/mol. The van der Waals surface area contributed by atoms with Gasteiger partial charge in [-0.15, -0.1) is 0 Å². The largest absolute Gasteiger partial charge is 0.0654 e. The Kier molecular flexibility index (Phi) is 8.59. The zero-order valence-electron chi connectivity index (χ0n) is 9.81. The molecule has 13 heavy (non-hydrogen) atoms. The molecule has 0 aromatic carbocycles. The number of unbranched alkanes of at least 4 members (excludes halogenated alkanes) is 2. The highest BCUT2D eigenvalue weighted by atomic mass is 14.1. The normalized spacial score (nSPS) is 15.7. The summed E-state index contributed by atoms with van der Waals surface area (Å²) in [5, 5.41) is 0. The second kappa shape index (κ2) is 8.59. The van der Waals surface area contributed by atoms with Crippen LogP contribution in [0.15, 0.2) is 0 Å². The van der Waals surface area contributed by atoms with E-state index in [0.29, 0.717) is 5.92 Å². The fraction of sp³-hybridized carbons (Fsp3) is 0.923. The molecule has 0 aliphatic heterocycles. The molecule has 1 radical (unpaired) electrons. The first-order chi connectivity index (χ1) is 6.20. The maximum absolute atomic E-state index is 4.12. The Hall–Kier alpha value is 0. The van der Waals surface area contributed by atoms with E-state index in [1.165, 1.54) is 44.9 Å². The summed E-state index contributed by atoms with van der Waals surface area (Å²) in [5.41, 5.74) is 0. The highest BCUT2D eigenvalue weighted by molar-refractivity contribution is 4.62. The molecule has 0 spiro atoms. The fourth-order valence-corrected chi connectivity index (χ4v) is 1.61. The van der Waals surface area contributed by atoms with Crippen LogP contribution in [0.2, 0.25) is 0 Å². The molecule has 0 N–H and O–H groups in total. The zero-order chi connectivity index (χ0) is 10.1. The average molecular weight is 183 g/mol. The minimum Gasteiger partial charge on any atom is -0.0654 e. The highest BCUT2D eigenvalue weighted by Crippen LogP contribution is 2.19. The van der Waals surface area contributed by atoms with Crippen molar-refractivity contribution in [1.82, 2.24) is 0 Å². The van der Waals surface area contributed by atoms with Gasteiger partial charge < -0.3 is 0 Å². The van der Waals surface area contributed by atoms with Gasteiger partial charge in [0.1, 0.15) is 0 Å². The first kappa shape index (κ1) is 13.0. The molecule has 2 unspecified atom stereocenters. The van der Waals surface area contributed by atoms with Crippen molar-refractivity contribution in [2.75, 3.05) is 0 Å². The second-order valence-electron chi connectivity index (χ2n) is 4.45. The van der Waals surface area contributed by atoms with Gasteiger partial charge in [0.15, 0.2) is 0 Å². The molecule has 0 aromatic heterocycles. The van der Waals surface area contributed by atoms with E-state index in [0.717, 1.165) is 5.92 Å². The van der Waals surface area contributed by atoms with Crippen molar-refractivity contribution >= 4 is 0 Å². The predicted octanol–water partition coefficient (Wildman–Crippen LogP) is 4.84. The van der Waals surface area contributed by atoms with Crippen LogP contribution in [0.1, 0.15) is 65.7 Å². The van der Waals surface area contributed by atoms with Crippen LogP contribution in [0.5, 0.6) is 0 Å². The zero-order valence-corrected chi connectivity index (χ0v) is 9.81. The first-order valence-corrected chi connectivity index (χ1v) is 6.03. The molecule has 0 aliphatic rings. The van der Waals surface area contributed by atoms with Gasteiger partial charge in [-0.05, 0) is 11.8 Å². The SMILES string of the molecule is [CH2]C(CC)CCC(C)CCCCC. The van der Waals surface area contributed by atoms with E-state index in [2.05, 4.69) is 27.7 Å². The van der Waals surface area contributed by atoms with Crippen molar-refractivity contribution in [3.63, 3.8) is 0 Å². The van der Waals surface area contributed by atoms with E-state index in [1.807, 2.05) is 0 Å². The van der Waals surface area contributed by atoms with Gasteiger partial charge in [-0.1, -0.05) is 72.6 Å². The highest BCUT2D eigenvalue weighted by Gasteiger charge is 2.04. The summed E-state index contributed by atoms with van der Waals surface area (Å²) in [4.78, 5) is 0. The molecule has 79 valence electrons. The average Bonchev–Trinajstić information content (AvgIpc) is 2.14. The third-order valence-electron chi connectivity index (χ3n) is 2.95. The smallest absolute Gasteiger partial charge is 0.0417 e. The van der Waals surface area contributed by atoms with Crippen LogP contribution in [0.4, 0.5) is 0 Å². The van der Waals surface area contributed by atoms with Gasteiger partial charge >= 0.3 is 0 Å². The molecule has 0 nitrogen and oxygen atoms in total. The standard InChI is InChI=1S/C13H27/c1-5-7-8-9-13(4)11-10-12(3)6-2/h12-13H,3,5-11H2,1-2,4H3. The summed E-state index contributed by atoms with van der Waals surface area (Å²) in [7, 11) is 0. The Morgan fingerprint density at radius 1 is 1.00 bits per heavy atom. The number of hydrogen-bond acceptors (Lipinski definition) is 0. The lowest BCUT2D eigenvalue weighted by molar-refractivity contribution is 0.412. The third kappa shape index (κ3) is 8.33. The number of rotatable bonds is 8.